The van der Waals surface area contributed by atoms with Gasteiger partial charge in [-0.3, -0.25) is 4.90 Å². The van der Waals surface area contributed by atoms with Crippen LogP contribution in [-0.4, -0.2) is 31.6 Å². The molecule has 4 nitrogen and oxygen atoms in total. The Kier molecular flexibility index (Phi) is 5.22. The van der Waals surface area contributed by atoms with E-state index in [0.717, 1.165) is 27.8 Å². The molecule has 0 amide bonds. The number of nitrogens with two attached hydrogens (primary N) is 2. The predicted molar refractivity (Wildman–Crippen MR) is 109 cm³/mol. The number of hydrogen-bond donors (Lipinski definition) is 2. The van der Waals surface area contributed by atoms with Gasteiger partial charge in [-0.2, -0.15) is 0 Å². The molecule has 0 saturated carbocycles. The number of halogens is 2. The lowest BCUT2D eigenvalue weighted by Gasteiger charge is -2.38. The van der Waals surface area contributed by atoms with Gasteiger partial charge in [0, 0.05) is 36.7 Å². The van der Waals surface area contributed by atoms with Crippen molar-refractivity contribution in [2.45, 2.75) is 5.92 Å². The molecule has 0 radical (unpaired) electrons. The summed E-state index contributed by atoms with van der Waals surface area (Å²) < 4.78 is 33.6. The van der Waals surface area contributed by atoms with Crippen LogP contribution < -0.4 is 11.5 Å². The number of benzene rings is 2. The first kappa shape index (κ1) is 19.4. The van der Waals surface area contributed by atoms with E-state index < -0.39 is 0 Å². The molecule has 0 aromatic heterocycles. The molecule has 2 aromatic carbocycles. The molecule has 2 heterocycles. The first-order valence-electron chi connectivity index (χ1n) is 9.46. The molecule has 1 atom stereocenters. The number of hydrogen-bond acceptors (Lipinski definition) is 4. The molecular weight excluding hydrogens is 372 g/mol. The van der Waals surface area contributed by atoms with Crippen LogP contribution in [0.3, 0.4) is 0 Å². The third kappa shape index (κ3) is 3.81. The Balaban J connectivity index is 1.86. The summed E-state index contributed by atoms with van der Waals surface area (Å²) in [4.78, 5) is 2.13. The van der Waals surface area contributed by atoms with E-state index in [1.165, 1.54) is 24.3 Å². The molecule has 2 aromatic rings. The van der Waals surface area contributed by atoms with Crippen molar-refractivity contribution in [2.24, 2.45) is 11.5 Å². The van der Waals surface area contributed by atoms with Gasteiger partial charge < -0.3 is 16.2 Å². The maximum absolute atomic E-state index is 14.0. The van der Waals surface area contributed by atoms with Gasteiger partial charge in [-0.15, -0.1) is 0 Å². The summed E-state index contributed by atoms with van der Waals surface area (Å²) in [7, 11) is 2.00. The van der Waals surface area contributed by atoms with Gasteiger partial charge in [0.2, 0.25) is 0 Å². The average Bonchev–Trinajstić information content (AvgIpc) is 2.67. The van der Waals surface area contributed by atoms with Gasteiger partial charge >= 0.3 is 0 Å². The second-order valence-corrected chi connectivity index (χ2v) is 7.43. The van der Waals surface area contributed by atoms with Crippen LogP contribution in [0.5, 0.6) is 0 Å². The van der Waals surface area contributed by atoms with Gasteiger partial charge in [0.1, 0.15) is 17.4 Å². The molecule has 4 N–H and O–H groups in total. The third-order valence-electron chi connectivity index (χ3n) is 5.28. The Labute approximate surface area is 168 Å². The average molecular weight is 395 g/mol. The zero-order valence-corrected chi connectivity index (χ0v) is 16.2. The van der Waals surface area contributed by atoms with Crippen molar-refractivity contribution in [3.63, 3.8) is 0 Å². The Morgan fingerprint density at radius 2 is 1.83 bits per heavy atom. The molecule has 29 heavy (non-hydrogen) atoms. The Bertz CT molecular complexity index is 1040. The van der Waals surface area contributed by atoms with E-state index in [9.17, 15) is 8.78 Å². The predicted octanol–water partition coefficient (Wildman–Crippen LogP) is 3.49. The fraction of sp³-hybridized carbons (Fsp3) is 0.217. The highest BCUT2D eigenvalue weighted by atomic mass is 19.1. The van der Waals surface area contributed by atoms with Gasteiger partial charge in [-0.1, -0.05) is 24.3 Å². The maximum Gasteiger partial charge on any atom is 0.192 e. The SMILES string of the molecule is CN1CC2=C(OC(N)=C(CN)C2c2cccc(F)c2)/C(=C/c2cccc(F)c2)C1. The van der Waals surface area contributed by atoms with Crippen LogP contribution in [0.1, 0.15) is 17.0 Å². The van der Waals surface area contributed by atoms with Crippen molar-refractivity contribution in [1.82, 2.24) is 4.90 Å². The highest BCUT2D eigenvalue weighted by Gasteiger charge is 2.36. The molecule has 4 rings (SSSR count). The summed E-state index contributed by atoms with van der Waals surface area (Å²) in [5, 5.41) is 0. The first-order chi connectivity index (χ1) is 14.0. The zero-order valence-electron chi connectivity index (χ0n) is 16.2. The minimum Gasteiger partial charge on any atom is -0.441 e. The zero-order chi connectivity index (χ0) is 20.5. The lowest BCUT2D eigenvalue weighted by molar-refractivity contribution is 0.248. The van der Waals surface area contributed by atoms with Crippen molar-refractivity contribution in [3.05, 3.63) is 99.7 Å². The molecule has 2 aliphatic heterocycles. The molecular formula is C23H23F2N3O. The molecule has 2 aliphatic rings. The van der Waals surface area contributed by atoms with Crippen LogP contribution in [0.2, 0.25) is 0 Å². The van der Waals surface area contributed by atoms with E-state index in [0.29, 0.717) is 18.8 Å². The van der Waals surface area contributed by atoms with Crippen molar-refractivity contribution in [2.75, 3.05) is 26.7 Å². The smallest absolute Gasteiger partial charge is 0.192 e. The normalized spacial score (nSPS) is 21.4. The summed E-state index contributed by atoms with van der Waals surface area (Å²) in [6, 6.07) is 12.9. The largest absolute Gasteiger partial charge is 0.441 e. The van der Waals surface area contributed by atoms with Crippen molar-refractivity contribution in [3.8, 4) is 0 Å². The molecule has 0 bridgehead atoms. The standard InChI is InChI=1S/C23H23F2N3O/c1-28-12-16(8-14-4-2-6-17(24)9-14)22-20(13-28)21(19(11-26)23(27)29-22)15-5-3-7-18(25)10-15/h2-10,21H,11-13,26-27H2,1H3/b16-8+. The van der Waals surface area contributed by atoms with Crippen LogP contribution in [0.25, 0.3) is 6.08 Å². The molecule has 0 saturated heterocycles. The Morgan fingerprint density at radius 1 is 1.10 bits per heavy atom. The monoisotopic (exact) mass is 395 g/mol. The molecule has 0 spiro atoms. The lowest BCUT2D eigenvalue weighted by Crippen LogP contribution is -2.37. The molecule has 6 heteroatoms. The second-order valence-electron chi connectivity index (χ2n) is 7.43. The Morgan fingerprint density at radius 3 is 2.52 bits per heavy atom. The van der Waals surface area contributed by atoms with E-state index in [4.69, 9.17) is 16.2 Å². The third-order valence-corrected chi connectivity index (χ3v) is 5.28. The van der Waals surface area contributed by atoms with E-state index in [-0.39, 0.29) is 30.0 Å². The van der Waals surface area contributed by atoms with E-state index >= 15 is 0 Å². The molecule has 1 unspecified atom stereocenters. The number of nitrogens with zero attached hydrogens (tertiary/aromatic N) is 1. The summed E-state index contributed by atoms with van der Waals surface area (Å²) in [5.41, 5.74) is 16.3. The van der Waals surface area contributed by atoms with Crippen molar-refractivity contribution < 1.29 is 13.5 Å². The van der Waals surface area contributed by atoms with Crippen molar-refractivity contribution in [1.29, 1.82) is 0 Å². The first-order valence-corrected chi connectivity index (χ1v) is 9.46. The van der Waals surface area contributed by atoms with Gasteiger partial charge in [0.15, 0.2) is 5.88 Å². The summed E-state index contributed by atoms with van der Waals surface area (Å²) in [6.07, 6.45) is 1.90. The molecule has 0 fully saturated rings. The fourth-order valence-corrected chi connectivity index (χ4v) is 4.08. The summed E-state index contributed by atoms with van der Waals surface area (Å²) in [6.45, 7) is 1.46. The van der Waals surface area contributed by atoms with Gasteiger partial charge in [0.05, 0.1) is 0 Å². The van der Waals surface area contributed by atoms with E-state index in [2.05, 4.69) is 4.90 Å². The summed E-state index contributed by atoms with van der Waals surface area (Å²) >= 11 is 0. The highest BCUT2D eigenvalue weighted by Crippen LogP contribution is 2.43. The van der Waals surface area contributed by atoms with E-state index in [1.54, 1.807) is 12.1 Å². The quantitative estimate of drug-likeness (QED) is 0.835. The number of ether oxygens (including phenoxy) is 1. The maximum atomic E-state index is 14.0. The topological polar surface area (TPSA) is 64.5 Å². The number of rotatable bonds is 3. The van der Waals surface area contributed by atoms with Crippen LogP contribution in [0.15, 0.2) is 76.9 Å². The molecule has 150 valence electrons. The summed E-state index contributed by atoms with van der Waals surface area (Å²) in [5.74, 6) is 0.0279. The van der Waals surface area contributed by atoms with Crippen LogP contribution in [-0.2, 0) is 4.74 Å². The fourth-order valence-electron chi connectivity index (χ4n) is 4.08. The van der Waals surface area contributed by atoms with Crippen LogP contribution >= 0.6 is 0 Å². The second kappa shape index (κ2) is 7.81. The van der Waals surface area contributed by atoms with E-state index in [1.807, 2.05) is 25.3 Å². The molecule has 0 aliphatic carbocycles. The van der Waals surface area contributed by atoms with Gasteiger partial charge in [-0.25, -0.2) is 8.78 Å². The lowest BCUT2D eigenvalue weighted by atomic mass is 9.80. The highest BCUT2D eigenvalue weighted by molar-refractivity contribution is 5.62. The minimum atomic E-state index is -0.314. The van der Waals surface area contributed by atoms with Crippen molar-refractivity contribution >= 4 is 6.08 Å². The van der Waals surface area contributed by atoms with Crippen LogP contribution in [0.4, 0.5) is 8.78 Å². The van der Waals surface area contributed by atoms with Gasteiger partial charge in [-0.05, 0) is 54.1 Å². The van der Waals surface area contributed by atoms with Crippen LogP contribution in [0, 0.1) is 11.6 Å². The number of likely N-dealkylation sites (N-methyl/N-ethyl adjacent to an activating group) is 1. The van der Waals surface area contributed by atoms with Gasteiger partial charge in [0.25, 0.3) is 0 Å². The Hall–Kier alpha value is -2.96. The minimum absolute atomic E-state index is 0.205.